The highest BCUT2D eigenvalue weighted by atomic mass is 19.1. The van der Waals surface area contributed by atoms with Gasteiger partial charge in [-0.05, 0) is 49.1 Å². The molecule has 1 atom stereocenters. The monoisotopic (exact) mass is 345 g/mol. The van der Waals surface area contributed by atoms with E-state index in [4.69, 9.17) is 0 Å². The molecule has 7 nitrogen and oxygen atoms in total. The molecule has 132 valence electrons. The Morgan fingerprint density at radius 3 is 2.76 bits per heavy atom. The number of urea groups is 1. The zero-order valence-corrected chi connectivity index (χ0v) is 13.6. The number of hydrogen-bond donors (Lipinski definition) is 4. The molecule has 0 fully saturated rings. The van der Waals surface area contributed by atoms with Crippen LogP contribution in [0.25, 0.3) is 0 Å². The zero-order valence-electron chi connectivity index (χ0n) is 13.6. The number of amides is 3. The van der Waals surface area contributed by atoms with Gasteiger partial charge in [-0.3, -0.25) is 9.89 Å². The summed E-state index contributed by atoms with van der Waals surface area (Å²) in [6.45, 7) is 0.600. The summed E-state index contributed by atoms with van der Waals surface area (Å²) in [4.78, 5) is 23.8. The SMILES string of the molecule is O=C(NCCNC(=O)c1ccc(F)cc1)N[C@@H]1CCc2[nH]ncc2C1. The molecule has 0 saturated carbocycles. The van der Waals surface area contributed by atoms with Crippen LogP contribution in [-0.2, 0) is 12.8 Å². The summed E-state index contributed by atoms with van der Waals surface area (Å²) in [7, 11) is 0. The fourth-order valence-corrected chi connectivity index (χ4v) is 2.83. The Bertz CT molecular complexity index is 744. The first kappa shape index (κ1) is 16.9. The largest absolute Gasteiger partial charge is 0.350 e. The molecule has 3 rings (SSSR count). The second-order valence-electron chi connectivity index (χ2n) is 5.98. The Balaban J connectivity index is 1.34. The molecule has 0 radical (unpaired) electrons. The number of nitrogens with zero attached hydrogens (tertiary/aromatic N) is 1. The fourth-order valence-electron chi connectivity index (χ4n) is 2.83. The van der Waals surface area contributed by atoms with Gasteiger partial charge < -0.3 is 16.0 Å². The molecule has 0 aliphatic heterocycles. The summed E-state index contributed by atoms with van der Waals surface area (Å²) in [5.74, 6) is -0.692. The van der Waals surface area contributed by atoms with Crippen molar-refractivity contribution in [3.63, 3.8) is 0 Å². The van der Waals surface area contributed by atoms with Crippen LogP contribution in [0.4, 0.5) is 9.18 Å². The molecular formula is C17H20FN5O2. The molecule has 0 unspecified atom stereocenters. The number of carbonyl (C=O) groups is 2. The molecule has 3 amide bonds. The lowest BCUT2D eigenvalue weighted by atomic mass is 9.94. The predicted molar refractivity (Wildman–Crippen MR) is 89.7 cm³/mol. The summed E-state index contributed by atoms with van der Waals surface area (Å²) in [5, 5.41) is 15.3. The van der Waals surface area contributed by atoms with Crippen molar-refractivity contribution in [2.24, 2.45) is 0 Å². The molecule has 1 aliphatic rings. The molecule has 0 bridgehead atoms. The van der Waals surface area contributed by atoms with Gasteiger partial charge in [-0.25, -0.2) is 9.18 Å². The summed E-state index contributed by atoms with van der Waals surface area (Å²) >= 11 is 0. The van der Waals surface area contributed by atoms with Crippen LogP contribution in [0.3, 0.4) is 0 Å². The van der Waals surface area contributed by atoms with E-state index in [1.54, 1.807) is 6.20 Å². The zero-order chi connectivity index (χ0) is 17.6. The van der Waals surface area contributed by atoms with Crippen molar-refractivity contribution >= 4 is 11.9 Å². The Labute approximate surface area is 144 Å². The maximum absolute atomic E-state index is 12.8. The topological polar surface area (TPSA) is 98.9 Å². The van der Waals surface area contributed by atoms with Crippen molar-refractivity contribution in [1.82, 2.24) is 26.1 Å². The highest BCUT2D eigenvalue weighted by Crippen LogP contribution is 2.18. The third-order valence-corrected chi connectivity index (χ3v) is 4.15. The average molecular weight is 345 g/mol. The number of H-pyrrole nitrogens is 1. The predicted octanol–water partition coefficient (Wildman–Crippen LogP) is 1.14. The van der Waals surface area contributed by atoms with Gasteiger partial charge in [0.05, 0.1) is 6.20 Å². The van der Waals surface area contributed by atoms with Gasteiger partial charge in [-0.1, -0.05) is 0 Å². The summed E-state index contributed by atoms with van der Waals surface area (Å²) in [5.41, 5.74) is 2.66. The van der Waals surface area contributed by atoms with Crippen LogP contribution >= 0.6 is 0 Å². The molecule has 0 spiro atoms. The van der Waals surface area contributed by atoms with Gasteiger partial charge in [0.1, 0.15) is 5.82 Å². The van der Waals surface area contributed by atoms with Crippen LogP contribution in [-0.4, -0.2) is 41.3 Å². The lowest BCUT2D eigenvalue weighted by Crippen LogP contribution is -2.46. The third kappa shape index (κ3) is 4.56. The standard InChI is InChI=1S/C17H20FN5O2/c18-13-3-1-11(2-4-13)16(24)19-7-8-20-17(25)22-14-5-6-15-12(9-14)10-21-23-15/h1-4,10,14H,5-9H2,(H,19,24)(H,21,23)(H2,20,22,25)/t14-/m1/s1. The number of fused-ring (bicyclic) bond motifs is 1. The van der Waals surface area contributed by atoms with Crippen LogP contribution < -0.4 is 16.0 Å². The van der Waals surface area contributed by atoms with Gasteiger partial charge in [0.25, 0.3) is 5.91 Å². The molecular weight excluding hydrogens is 325 g/mol. The average Bonchev–Trinajstić information content (AvgIpc) is 3.07. The number of benzene rings is 1. The van der Waals surface area contributed by atoms with Crippen LogP contribution in [0.5, 0.6) is 0 Å². The first-order valence-corrected chi connectivity index (χ1v) is 8.21. The van der Waals surface area contributed by atoms with Crippen molar-refractivity contribution in [3.8, 4) is 0 Å². The van der Waals surface area contributed by atoms with E-state index in [0.717, 1.165) is 30.5 Å². The maximum atomic E-state index is 12.8. The number of aryl methyl sites for hydroxylation is 1. The van der Waals surface area contributed by atoms with Crippen molar-refractivity contribution in [2.45, 2.75) is 25.3 Å². The molecule has 8 heteroatoms. The molecule has 1 aromatic heterocycles. The van der Waals surface area contributed by atoms with Gasteiger partial charge in [-0.2, -0.15) is 5.10 Å². The van der Waals surface area contributed by atoms with Crippen LogP contribution in [0, 0.1) is 5.82 Å². The van der Waals surface area contributed by atoms with E-state index in [2.05, 4.69) is 26.1 Å². The molecule has 25 heavy (non-hydrogen) atoms. The van der Waals surface area contributed by atoms with Crippen LogP contribution in [0.1, 0.15) is 28.0 Å². The number of rotatable bonds is 5. The summed E-state index contributed by atoms with van der Waals surface area (Å²) < 4.78 is 12.8. The summed E-state index contributed by atoms with van der Waals surface area (Å²) in [6, 6.07) is 5.12. The Morgan fingerprint density at radius 1 is 1.20 bits per heavy atom. The minimum atomic E-state index is -0.389. The Kier molecular flexibility index (Phi) is 5.27. The van der Waals surface area contributed by atoms with Crippen molar-refractivity contribution in [1.29, 1.82) is 0 Å². The van der Waals surface area contributed by atoms with E-state index in [9.17, 15) is 14.0 Å². The highest BCUT2D eigenvalue weighted by Gasteiger charge is 2.21. The van der Waals surface area contributed by atoms with Crippen molar-refractivity contribution in [3.05, 3.63) is 53.1 Å². The van der Waals surface area contributed by atoms with Gasteiger partial charge >= 0.3 is 6.03 Å². The Morgan fingerprint density at radius 2 is 1.96 bits per heavy atom. The molecule has 1 heterocycles. The Hall–Kier alpha value is -2.90. The molecule has 2 aromatic rings. The quantitative estimate of drug-likeness (QED) is 0.612. The second-order valence-corrected chi connectivity index (χ2v) is 5.98. The number of aromatic amines is 1. The maximum Gasteiger partial charge on any atom is 0.315 e. The number of halogens is 1. The van der Waals surface area contributed by atoms with E-state index in [0.29, 0.717) is 18.7 Å². The minimum absolute atomic E-state index is 0.0823. The van der Waals surface area contributed by atoms with E-state index < -0.39 is 0 Å². The lowest BCUT2D eigenvalue weighted by Gasteiger charge is -2.23. The molecule has 1 aliphatic carbocycles. The van der Waals surface area contributed by atoms with E-state index in [1.807, 2.05) is 0 Å². The highest BCUT2D eigenvalue weighted by molar-refractivity contribution is 5.94. The van der Waals surface area contributed by atoms with Gasteiger partial charge in [0.15, 0.2) is 0 Å². The smallest absolute Gasteiger partial charge is 0.315 e. The molecule has 0 saturated heterocycles. The number of hydrogen-bond acceptors (Lipinski definition) is 3. The van der Waals surface area contributed by atoms with Gasteiger partial charge in [0, 0.05) is 30.4 Å². The normalized spacial score (nSPS) is 16.0. The van der Waals surface area contributed by atoms with E-state index in [1.165, 1.54) is 24.3 Å². The number of carbonyl (C=O) groups excluding carboxylic acids is 2. The molecule has 4 N–H and O–H groups in total. The molecule has 1 aromatic carbocycles. The summed E-state index contributed by atoms with van der Waals surface area (Å²) in [6.07, 6.45) is 4.30. The number of nitrogens with one attached hydrogen (secondary N) is 4. The van der Waals surface area contributed by atoms with Crippen molar-refractivity contribution < 1.29 is 14.0 Å². The third-order valence-electron chi connectivity index (χ3n) is 4.15. The lowest BCUT2D eigenvalue weighted by molar-refractivity contribution is 0.0953. The van der Waals surface area contributed by atoms with E-state index in [-0.39, 0.29) is 23.8 Å². The van der Waals surface area contributed by atoms with Crippen molar-refractivity contribution in [2.75, 3.05) is 13.1 Å². The van der Waals surface area contributed by atoms with Crippen LogP contribution in [0.15, 0.2) is 30.5 Å². The first-order valence-electron chi connectivity index (χ1n) is 8.21. The second kappa shape index (κ2) is 7.78. The fraction of sp³-hybridized carbons (Fsp3) is 0.353. The number of aromatic nitrogens is 2. The first-order chi connectivity index (χ1) is 12.1. The minimum Gasteiger partial charge on any atom is -0.350 e. The van der Waals surface area contributed by atoms with Gasteiger partial charge in [-0.15, -0.1) is 0 Å². The van der Waals surface area contributed by atoms with Crippen LogP contribution in [0.2, 0.25) is 0 Å². The van der Waals surface area contributed by atoms with E-state index >= 15 is 0 Å². The van der Waals surface area contributed by atoms with Gasteiger partial charge in [0.2, 0.25) is 0 Å².